The summed E-state index contributed by atoms with van der Waals surface area (Å²) in [6.45, 7) is 1.95. The van der Waals surface area contributed by atoms with Gasteiger partial charge < -0.3 is 5.43 Å². The van der Waals surface area contributed by atoms with Crippen LogP contribution in [-0.2, 0) is 6.42 Å². The van der Waals surface area contributed by atoms with E-state index in [-0.39, 0.29) is 0 Å². The lowest BCUT2D eigenvalue weighted by Crippen LogP contribution is -2.10. The van der Waals surface area contributed by atoms with Gasteiger partial charge in [-0.1, -0.05) is 18.5 Å². The summed E-state index contributed by atoms with van der Waals surface area (Å²) in [7, 11) is 0. The standard InChI is InChI=1S/C6H9ClN4/c1-2-5-9-4(7)3-6(10-5)11-8/h3H,2,8H2,1H3,(H,9,10,11). The molecule has 0 bridgehead atoms. The van der Waals surface area contributed by atoms with E-state index < -0.39 is 0 Å². The number of rotatable bonds is 2. The molecule has 0 aliphatic heterocycles. The average molecular weight is 173 g/mol. The fraction of sp³-hybridized carbons (Fsp3) is 0.333. The third-order valence-electron chi connectivity index (χ3n) is 1.21. The maximum Gasteiger partial charge on any atom is 0.145 e. The molecule has 0 saturated heterocycles. The molecule has 0 saturated carbocycles. The quantitative estimate of drug-likeness (QED) is 0.397. The summed E-state index contributed by atoms with van der Waals surface area (Å²) in [5.74, 6) is 6.37. The van der Waals surface area contributed by atoms with Crippen LogP contribution in [0.25, 0.3) is 0 Å². The smallest absolute Gasteiger partial charge is 0.145 e. The number of anilines is 1. The van der Waals surface area contributed by atoms with Gasteiger partial charge in [0.25, 0.3) is 0 Å². The highest BCUT2D eigenvalue weighted by molar-refractivity contribution is 6.29. The van der Waals surface area contributed by atoms with Crippen molar-refractivity contribution in [2.75, 3.05) is 5.43 Å². The number of nitrogens with zero attached hydrogens (tertiary/aromatic N) is 2. The van der Waals surface area contributed by atoms with Crippen molar-refractivity contribution in [2.24, 2.45) is 5.84 Å². The van der Waals surface area contributed by atoms with Gasteiger partial charge in [0.15, 0.2) is 0 Å². The highest BCUT2D eigenvalue weighted by atomic mass is 35.5. The Morgan fingerprint density at radius 2 is 2.36 bits per heavy atom. The first-order chi connectivity index (χ1) is 5.26. The molecule has 0 radical (unpaired) electrons. The van der Waals surface area contributed by atoms with Crippen molar-refractivity contribution in [1.82, 2.24) is 9.97 Å². The van der Waals surface area contributed by atoms with Crippen LogP contribution < -0.4 is 11.3 Å². The van der Waals surface area contributed by atoms with E-state index >= 15 is 0 Å². The van der Waals surface area contributed by atoms with Crippen molar-refractivity contribution in [1.29, 1.82) is 0 Å². The van der Waals surface area contributed by atoms with E-state index in [0.717, 1.165) is 6.42 Å². The van der Waals surface area contributed by atoms with Crippen LogP contribution in [0.1, 0.15) is 12.7 Å². The lowest BCUT2D eigenvalue weighted by Gasteiger charge is -2.00. The van der Waals surface area contributed by atoms with E-state index in [1.807, 2.05) is 6.92 Å². The minimum Gasteiger partial charge on any atom is -0.308 e. The van der Waals surface area contributed by atoms with Crippen molar-refractivity contribution in [3.05, 3.63) is 17.0 Å². The second-order valence-corrected chi connectivity index (χ2v) is 2.38. The number of hydrazine groups is 1. The molecular formula is C6H9ClN4. The fourth-order valence-electron chi connectivity index (χ4n) is 0.697. The number of nitrogens with one attached hydrogen (secondary N) is 1. The zero-order valence-corrected chi connectivity index (χ0v) is 6.89. The van der Waals surface area contributed by atoms with Crippen LogP contribution in [0.3, 0.4) is 0 Å². The molecule has 5 heteroatoms. The van der Waals surface area contributed by atoms with Crippen molar-refractivity contribution >= 4 is 17.4 Å². The number of hydrogen-bond acceptors (Lipinski definition) is 4. The summed E-state index contributed by atoms with van der Waals surface area (Å²) >= 11 is 5.66. The topological polar surface area (TPSA) is 63.8 Å². The van der Waals surface area contributed by atoms with Gasteiger partial charge in [0.2, 0.25) is 0 Å². The summed E-state index contributed by atoms with van der Waals surface area (Å²) < 4.78 is 0. The molecular weight excluding hydrogens is 164 g/mol. The SMILES string of the molecule is CCc1nc(Cl)cc(NN)n1. The molecule has 0 atom stereocenters. The van der Waals surface area contributed by atoms with E-state index in [4.69, 9.17) is 17.4 Å². The monoisotopic (exact) mass is 172 g/mol. The third kappa shape index (κ3) is 2.03. The Morgan fingerprint density at radius 1 is 1.64 bits per heavy atom. The molecule has 0 aromatic carbocycles. The molecule has 60 valence electrons. The Bertz CT molecular complexity index is 228. The Morgan fingerprint density at radius 3 is 2.91 bits per heavy atom. The van der Waals surface area contributed by atoms with Crippen molar-refractivity contribution in [3.63, 3.8) is 0 Å². The van der Waals surface area contributed by atoms with Crippen LogP contribution in [0.4, 0.5) is 5.82 Å². The Labute approximate surface area is 69.8 Å². The maximum absolute atomic E-state index is 5.66. The highest BCUT2D eigenvalue weighted by Gasteiger charge is 1.98. The molecule has 0 amide bonds. The van der Waals surface area contributed by atoms with Gasteiger partial charge >= 0.3 is 0 Å². The minimum atomic E-state index is 0.407. The van der Waals surface area contributed by atoms with Crippen molar-refractivity contribution in [2.45, 2.75) is 13.3 Å². The van der Waals surface area contributed by atoms with E-state index in [9.17, 15) is 0 Å². The van der Waals surface area contributed by atoms with E-state index in [1.165, 1.54) is 0 Å². The Kier molecular flexibility index (Phi) is 2.62. The summed E-state index contributed by atoms with van der Waals surface area (Å²) in [4.78, 5) is 8.00. The van der Waals surface area contributed by atoms with Crippen LogP contribution in [0.15, 0.2) is 6.07 Å². The minimum absolute atomic E-state index is 0.407. The number of hydrogen-bond donors (Lipinski definition) is 2. The van der Waals surface area contributed by atoms with Crippen molar-refractivity contribution < 1.29 is 0 Å². The van der Waals surface area contributed by atoms with Gasteiger partial charge in [0.1, 0.15) is 16.8 Å². The van der Waals surface area contributed by atoms with Crippen LogP contribution in [-0.4, -0.2) is 9.97 Å². The van der Waals surface area contributed by atoms with Crippen LogP contribution in [0.5, 0.6) is 0 Å². The maximum atomic E-state index is 5.66. The Hall–Kier alpha value is -0.870. The average Bonchev–Trinajstić information content (AvgIpc) is 2.03. The van der Waals surface area contributed by atoms with E-state index in [0.29, 0.717) is 16.8 Å². The number of aromatic nitrogens is 2. The lowest BCUT2D eigenvalue weighted by atomic mass is 10.4. The van der Waals surface area contributed by atoms with E-state index in [1.54, 1.807) is 6.07 Å². The predicted octanol–water partition coefficient (Wildman–Crippen LogP) is 0.978. The zero-order chi connectivity index (χ0) is 8.27. The van der Waals surface area contributed by atoms with Crippen LogP contribution >= 0.6 is 11.6 Å². The summed E-state index contributed by atoms with van der Waals surface area (Å²) in [6, 6.07) is 1.57. The van der Waals surface area contributed by atoms with Gasteiger partial charge in [0, 0.05) is 12.5 Å². The molecule has 4 nitrogen and oxygen atoms in total. The zero-order valence-electron chi connectivity index (χ0n) is 6.13. The second kappa shape index (κ2) is 3.50. The first kappa shape index (κ1) is 8.23. The van der Waals surface area contributed by atoms with Gasteiger partial charge in [-0.15, -0.1) is 0 Å². The largest absolute Gasteiger partial charge is 0.308 e. The molecule has 11 heavy (non-hydrogen) atoms. The van der Waals surface area contributed by atoms with E-state index in [2.05, 4.69) is 15.4 Å². The second-order valence-electron chi connectivity index (χ2n) is 1.99. The summed E-state index contributed by atoms with van der Waals surface area (Å²) in [5, 5.41) is 0.407. The summed E-state index contributed by atoms with van der Waals surface area (Å²) in [6.07, 6.45) is 0.745. The molecule has 1 aromatic heterocycles. The number of nitrogens with two attached hydrogens (primary N) is 1. The molecule has 0 aliphatic rings. The molecule has 1 heterocycles. The molecule has 0 fully saturated rings. The van der Waals surface area contributed by atoms with Gasteiger partial charge in [-0.3, -0.25) is 0 Å². The lowest BCUT2D eigenvalue weighted by molar-refractivity contribution is 0.938. The predicted molar refractivity (Wildman–Crippen MR) is 44.2 cm³/mol. The summed E-state index contributed by atoms with van der Waals surface area (Å²) in [5.41, 5.74) is 2.41. The number of halogens is 1. The number of aryl methyl sites for hydroxylation is 1. The first-order valence-electron chi connectivity index (χ1n) is 3.26. The van der Waals surface area contributed by atoms with Gasteiger partial charge in [-0.05, 0) is 0 Å². The molecule has 1 aromatic rings. The van der Waals surface area contributed by atoms with Crippen LogP contribution in [0.2, 0.25) is 5.15 Å². The Balaban J connectivity index is 3.02. The molecule has 0 spiro atoms. The van der Waals surface area contributed by atoms with Gasteiger partial charge in [-0.2, -0.15) is 0 Å². The van der Waals surface area contributed by atoms with Gasteiger partial charge in [0.05, 0.1) is 0 Å². The van der Waals surface area contributed by atoms with Crippen molar-refractivity contribution in [3.8, 4) is 0 Å². The highest BCUT2D eigenvalue weighted by Crippen LogP contribution is 2.10. The number of nitrogen functional groups attached to an aromatic ring is 1. The molecule has 0 unspecified atom stereocenters. The van der Waals surface area contributed by atoms with Crippen LogP contribution in [0, 0.1) is 0 Å². The fourth-order valence-corrected chi connectivity index (χ4v) is 0.898. The first-order valence-corrected chi connectivity index (χ1v) is 3.64. The third-order valence-corrected chi connectivity index (χ3v) is 1.40. The molecule has 1 rings (SSSR count). The normalized spacial score (nSPS) is 9.73. The molecule has 0 aliphatic carbocycles. The van der Waals surface area contributed by atoms with Gasteiger partial charge in [-0.25, -0.2) is 15.8 Å². The molecule has 3 N–H and O–H groups in total.